The number of likely N-dealkylation sites (tertiary alicyclic amines) is 3. The molecular weight excluding hydrogens is 879 g/mol. The second-order valence-corrected chi connectivity index (χ2v) is 20.8. The smallest absolute Gasteiger partial charge is 0.254 e. The number of nitrogens with zero attached hydrogens (tertiary/aromatic N) is 7. The van der Waals surface area contributed by atoms with Gasteiger partial charge in [0.15, 0.2) is 11.6 Å². The van der Waals surface area contributed by atoms with Gasteiger partial charge in [0, 0.05) is 56.3 Å². The quantitative estimate of drug-likeness (QED) is 0.0854. The summed E-state index contributed by atoms with van der Waals surface area (Å²) in [6, 6.07) is 18.2. The van der Waals surface area contributed by atoms with Gasteiger partial charge in [0.05, 0.1) is 33.9 Å². The minimum absolute atomic E-state index is 0.0662. The molecule has 362 valence electrons. The van der Waals surface area contributed by atoms with Gasteiger partial charge in [-0.05, 0) is 130 Å². The van der Waals surface area contributed by atoms with Crippen molar-refractivity contribution in [2.45, 2.75) is 103 Å². The van der Waals surface area contributed by atoms with Crippen molar-refractivity contribution in [3.05, 3.63) is 88.8 Å². The number of hydrogen-bond acceptors (Lipinski definition) is 14. The largest absolute Gasteiger partial charge is 0.507 e. The van der Waals surface area contributed by atoms with Crippen molar-refractivity contribution in [1.29, 1.82) is 0 Å². The molecule has 2 amide bonds. The van der Waals surface area contributed by atoms with Crippen molar-refractivity contribution in [3.63, 3.8) is 0 Å². The lowest BCUT2D eigenvalue weighted by atomic mass is 9.84. The number of anilines is 1. The molecule has 2 aromatic carbocycles. The summed E-state index contributed by atoms with van der Waals surface area (Å²) in [5, 5.41) is 41.3. The van der Waals surface area contributed by atoms with Crippen LogP contribution in [0.3, 0.4) is 0 Å². The van der Waals surface area contributed by atoms with Crippen LogP contribution in [0.2, 0.25) is 0 Å². The van der Waals surface area contributed by atoms with Crippen molar-refractivity contribution in [2.24, 2.45) is 17.8 Å². The molecule has 3 aromatic heterocycles. The molecular formula is C52H67N9O6S. The molecule has 9 rings (SSSR count). The summed E-state index contributed by atoms with van der Waals surface area (Å²) in [4.78, 5) is 40.2. The van der Waals surface area contributed by atoms with Crippen LogP contribution in [-0.4, -0.2) is 128 Å². The number of carbonyl (C=O) groups is 2. The first-order valence-electron chi connectivity index (χ1n) is 24.7. The van der Waals surface area contributed by atoms with Crippen LogP contribution in [0, 0.1) is 24.7 Å². The maximum absolute atomic E-state index is 14.3. The van der Waals surface area contributed by atoms with Crippen molar-refractivity contribution in [2.75, 3.05) is 64.3 Å². The molecule has 15 nitrogen and oxygen atoms in total. The number of aromatic nitrogens is 4. The number of carbonyl (C=O) groups excluding carboxylic acids is 2. The van der Waals surface area contributed by atoms with Crippen LogP contribution in [0.15, 0.2) is 70.7 Å². The predicted molar refractivity (Wildman–Crippen MR) is 262 cm³/mol. The highest BCUT2D eigenvalue weighted by Gasteiger charge is 2.43. The Labute approximate surface area is 403 Å². The Hall–Kier alpha value is -5.42. The molecule has 4 N–H and O–H groups in total. The zero-order valence-corrected chi connectivity index (χ0v) is 40.7. The fourth-order valence-corrected chi connectivity index (χ4v) is 11.7. The number of β-amino-alcohol motifs (C(OH)–C–C–N with tert-alkyl or cyclic N) is 1. The van der Waals surface area contributed by atoms with E-state index >= 15 is 0 Å². The van der Waals surface area contributed by atoms with Gasteiger partial charge < -0.3 is 39.9 Å². The number of para-hydroxylation sites is 1. The summed E-state index contributed by atoms with van der Waals surface area (Å²) in [5.74, 6) is 1.96. The minimum atomic E-state index is -0.816. The monoisotopic (exact) mass is 945 g/mol. The first-order valence-corrected chi connectivity index (χ1v) is 25.6. The molecule has 3 saturated heterocycles. The van der Waals surface area contributed by atoms with Crippen LogP contribution in [0.1, 0.15) is 106 Å². The van der Waals surface area contributed by atoms with Crippen LogP contribution < -0.4 is 15.4 Å². The highest BCUT2D eigenvalue weighted by molar-refractivity contribution is 7.13. The number of thiazole rings is 1. The van der Waals surface area contributed by atoms with Gasteiger partial charge in [-0.3, -0.25) is 14.5 Å². The number of phenols is 1. The first-order chi connectivity index (χ1) is 33.0. The van der Waals surface area contributed by atoms with Gasteiger partial charge in [-0.2, -0.15) is 0 Å². The SMILES string of the molecule is Cc1ncsc1-c1ccc([C@H](C)NC(=O)[C@@H]2C[C@@H](O)CN2C(=O)[C@@H](c2cc(OCCN3CCCC(CN4CCC5CC[C@@H](CNc6nnc(-c7ccccc7O)cc65)C4)CC3)no2)C(C)C)cc1. The fraction of sp³-hybridized carbons (Fsp3) is 0.538. The number of nitrogens with one attached hydrogen (secondary N) is 2. The van der Waals surface area contributed by atoms with Crippen LogP contribution in [-0.2, 0) is 9.59 Å². The molecule has 16 heteroatoms. The van der Waals surface area contributed by atoms with E-state index in [0.717, 1.165) is 105 Å². The second-order valence-electron chi connectivity index (χ2n) is 19.9. The number of amides is 2. The summed E-state index contributed by atoms with van der Waals surface area (Å²) < 4.78 is 11.9. The maximum atomic E-state index is 14.3. The van der Waals surface area contributed by atoms with E-state index in [9.17, 15) is 19.8 Å². The molecule has 68 heavy (non-hydrogen) atoms. The van der Waals surface area contributed by atoms with Crippen molar-refractivity contribution in [1.82, 2.24) is 40.4 Å². The maximum Gasteiger partial charge on any atom is 0.254 e. The molecule has 0 radical (unpaired) electrons. The Morgan fingerprint density at radius 1 is 0.971 bits per heavy atom. The molecule has 0 aliphatic carbocycles. The highest BCUT2D eigenvalue weighted by Crippen LogP contribution is 2.39. The number of aliphatic hydroxyl groups excluding tert-OH is 1. The molecule has 3 fully saturated rings. The van der Waals surface area contributed by atoms with E-state index < -0.39 is 18.1 Å². The topological polar surface area (TPSA) is 182 Å². The molecule has 2 unspecified atom stereocenters. The minimum Gasteiger partial charge on any atom is -0.507 e. The summed E-state index contributed by atoms with van der Waals surface area (Å²) in [5.41, 5.74) is 7.48. The van der Waals surface area contributed by atoms with E-state index in [1.807, 2.05) is 75.7 Å². The summed E-state index contributed by atoms with van der Waals surface area (Å²) in [7, 11) is 0. The zero-order valence-electron chi connectivity index (χ0n) is 39.8. The normalized spacial score (nSPS) is 23.4. The van der Waals surface area contributed by atoms with Gasteiger partial charge in [-0.25, -0.2) is 4.98 Å². The van der Waals surface area contributed by atoms with Gasteiger partial charge in [0.2, 0.25) is 11.8 Å². The Balaban J connectivity index is 0.748. The third-order valence-corrected chi connectivity index (χ3v) is 15.7. The number of rotatable bonds is 14. The van der Waals surface area contributed by atoms with E-state index in [0.29, 0.717) is 41.6 Å². The van der Waals surface area contributed by atoms with Crippen LogP contribution in [0.5, 0.6) is 11.6 Å². The Kier molecular flexibility index (Phi) is 15.0. The molecule has 4 aliphatic rings. The lowest BCUT2D eigenvalue weighted by Crippen LogP contribution is -2.48. The highest BCUT2D eigenvalue weighted by atomic mass is 32.1. The van der Waals surface area contributed by atoms with E-state index in [-0.39, 0.29) is 42.5 Å². The average molecular weight is 946 g/mol. The van der Waals surface area contributed by atoms with E-state index in [1.165, 1.54) is 23.3 Å². The Morgan fingerprint density at radius 2 is 1.79 bits per heavy atom. The summed E-state index contributed by atoms with van der Waals surface area (Å²) >= 11 is 1.60. The van der Waals surface area contributed by atoms with Gasteiger partial charge in [-0.1, -0.05) is 50.2 Å². The number of benzene rings is 2. The molecule has 7 atom stereocenters. The number of aryl methyl sites for hydroxylation is 1. The number of phenolic OH excluding ortho intramolecular Hbond substituents is 1. The lowest BCUT2D eigenvalue weighted by molar-refractivity contribution is -0.141. The number of hydrogen-bond donors (Lipinski definition) is 4. The summed E-state index contributed by atoms with van der Waals surface area (Å²) in [6.07, 6.45) is 6.22. The molecule has 4 aliphatic heterocycles. The van der Waals surface area contributed by atoms with Crippen LogP contribution >= 0.6 is 11.3 Å². The molecule has 0 saturated carbocycles. The third-order valence-electron chi connectivity index (χ3n) is 14.7. The van der Waals surface area contributed by atoms with Gasteiger partial charge in [0.1, 0.15) is 24.3 Å². The van der Waals surface area contributed by atoms with Gasteiger partial charge >= 0.3 is 0 Å². The van der Waals surface area contributed by atoms with Crippen LogP contribution in [0.25, 0.3) is 21.7 Å². The van der Waals surface area contributed by atoms with Crippen molar-refractivity contribution < 1.29 is 29.1 Å². The number of aliphatic hydroxyl groups is 1. The van der Waals surface area contributed by atoms with Gasteiger partial charge in [0.25, 0.3) is 5.88 Å². The van der Waals surface area contributed by atoms with Crippen LogP contribution in [0.4, 0.5) is 5.82 Å². The lowest BCUT2D eigenvalue weighted by Gasteiger charge is -2.37. The molecule has 5 aromatic rings. The Bertz CT molecular complexity index is 2500. The van der Waals surface area contributed by atoms with Crippen molar-refractivity contribution in [3.8, 4) is 33.3 Å². The Morgan fingerprint density at radius 3 is 2.59 bits per heavy atom. The number of ether oxygens (including phenoxy) is 1. The molecule has 7 heterocycles. The molecule has 2 bridgehead atoms. The van der Waals surface area contributed by atoms with E-state index in [1.54, 1.807) is 23.5 Å². The standard InChI is InChI=1S/C52H67N9O6S/c1-32(2)48(52(65)61-30-40(62)24-44(61)51(64)55-33(3)37-13-15-39(16-14-37)49-34(4)54-31-68-49)46-26-47(58-67-46)66-23-22-59-19-7-8-35(17-20-59)28-60-21-18-38-12-11-36(29-60)27-53-50-42(38)25-43(56-57-50)41-9-5-6-10-45(41)63/h5-6,9-10,13-16,25-26,31-33,35-36,38,40,44,48,62-63H,7-8,11-12,17-24,27-30H2,1-4H3,(H,53,57)(H,55,64)/t33-,35?,36-,38?,40+,44-,48+/m0/s1. The third kappa shape index (κ3) is 11.0. The average Bonchev–Trinajstić information content (AvgIpc) is 4.03. The van der Waals surface area contributed by atoms with E-state index in [4.69, 9.17) is 9.26 Å². The number of aromatic hydroxyl groups is 1. The first kappa shape index (κ1) is 47.6. The molecule has 0 spiro atoms. The predicted octanol–water partition coefficient (Wildman–Crippen LogP) is 7.64. The van der Waals surface area contributed by atoms with Gasteiger partial charge in [-0.15, -0.1) is 21.5 Å². The second kappa shape index (κ2) is 21.5. The van der Waals surface area contributed by atoms with E-state index in [2.05, 4.69) is 46.8 Å². The summed E-state index contributed by atoms with van der Waals surface area (Å²) in [6.45, 7) is 15.3. The fourth-order valence-electron chi connectivity index (χ4n) is 10.9. The van der Waals surface area contributed by atoms with Crippen molar-refractivity contribution >= 4 is 29.0 Å². The zero-order chi connectivity index (χ0) is 47.3. The number of fused-ring (bicyclic) bond motifs is 5.